The Morgan fingerprint density at radius 3 is 1.94 bits per heavy atom. The fourth-order valence-corrected chi connectivity index (χ4v) is 1.75. The summed E-state index contributed by atoms with van der Waals surface area (Å²) in [5.41, 5.74) is -0.198. The molecule has 0 radical (unpaired) electrons. The second kappa shape index (κ2) is 6.27. The maximum absolute atomic E-state index is 11.8. The SMILES string of the molecule is COS(=O)N(COC(C)C(C)(C)C)C(C)(C)C. The van der Waals surface area contributed by atoms with Crippen molar-refractivity contribution in [2.75, 3.05) is 13.8 Å². The van der Waals surface area contributed by atoms with Crippen LogP contribution in [0.5, 0.6) is 0 Å². The van der Waals surface area contributed by atoms with Crippen molar-refractivity contribution in [1.29, 1.82) is 0 Å². The average molecular weight is 265 g/mol. The van der Waals surface area contributed by atoms with Crippen molar-refractivity contribution in [3.63, 3.8) is 0 Å². The smallest absolute Gasteiger partial charge is 0.239 e. The van der Waals surface area contributed by atoms with Gasteiger partial charge in [-0.25, -0.2) is 4.21 Å². The summed E-state index contributed by atoms with van der Waals surface area (Å²) >= 11 is -1.47. The Morgan fingerprint density at radius 1 is 1.18 bits per heavy atom. The number of rotatable bonds is 5. The van der Waals surface area contributed by atoms with E-state index in [-0.39, 0.29) is 17.1 Å². The minimum Gasteiger partial charge on any atom is -0.362 e. The van der Waals surface area contributed by atoms with Gasteiger partial charge in [0.2, 0.25) is 11.3 Å². The highest BCUT2D eigenvalue weighted by atomic mass is 32.2. The molecule has 0 aliphatic rings. The summed E-state index contributed by atoms with van der Waals surface area (Å²) in [6.07, 6.45) is 0.0845. The van der Waals surface area contributed by atoms with Crippen LogP contribution in [0.15, 0.2) is 0 Å². The molecule has 0 aliphatic carbocycles. The monoisotopic (exact) mass is 265 g/mol. The van der Waals surface area contributed by atoms with Gasteiger partial charge in [0.1, 0.15) is 6.73 Å². The Morgan fingerprint density at radius 2 is 1.65 bits per heavy atom. The van der Waals surface area contributed by atoms with Gasteiger partial charge in [0.05, 0.1) is 13.2 Å². The third kappa shape index (κ3) is 5.95. The van der Waals surface area contributed by atoms with Crippen molar-refractivity contribution >= 4 is 11.3 Å². The van der Waals surface area contributed by atoms with E-state index >= 15 is 0 Å². The molecule has 5 heteroatoms. The van der Waals surface area contributed by atoms with Gasteiger partial charge in [-0.05, 0) is 33.1 Å². The van der Waals surface area contributed by atoms with Crippen LogP contribution >= 0.6 is 0 Å². The second-order valence-corrected chi connectivity index (χ2v) is 7.45. The minimum absolute atomic E-state index is 0.0676. The molecule has 2 unspecified atom stereocenters. The minimum atomic E-state index is -1.47. The van der Waals surface area contributed by atoms with Crippen molar-refractivity contribution in [3.05, 3.63) is 0 Å². The molecule has 0 amide bonds. The van der Waals surface area contributed by atoms with Crippen molar-refractivity contribution in [1.82, 2.24) is 4.31 Å². The maximum Gasteiger partial charge on any atom is 0.239 e. The molecule has 0 aliphatic heterocycles. The van der Waals surface area contributed by atoms with Gasteiger partial charge >= 0.3 is 0 Å². The lowest BCUT2D eigenvalue weighted by Crippen LogP contribution is -2.45. The molecule has 0 saturated heterocycles. The first-order valence-corrected chi connectivity index (χ1v) is 6.89. The third-order valence-corrected chi connectivity index (χ3v) is 4.03. The topological polar surface area (TPSA) is 38.8 Å². The maximum atomic E-state index is 11.8. The van der Waals surface area contributed by atoms with Gasteiger partial charge in [0.15, 0.2) is 0 Å². The molecular formula is C12H27NO3S. The summed E-state index contributed by atoms with van der Waals surface area (Å²) in [7, 11) is 1.43. The normalized spacial score (nSPS) is 17.2. The highest BCUT2D eigenvalue weighted by molar-refractivity contribution is 7.77. The highest BCUT2D eigenvalue weighted by Crippen LogP contribution is 2.23. The molecule has 4 nitrogen and oxygen atoms in total. The van der Waals surface area contributed by atoms with E-state index in [9.17, 15) is 4.21 Å². The van der Waals surface area contributed by atoms with E-state index in [1.165, 1.54) is 7.11 Å². The van der Waals surface area contributed by atoms with Gasteiger partial charge in [-0.3, -0.25) is 4.18 Å². The summed E-state index contributed by atoms with van der Waals surface area (Å²) in [6, 6.07) is 0. The zero-order chi connectivity index (χ0) is 13.9. The third-order valence-electron chi connectivity index (χ3n) is 2.73. The van der Waals surface area contributed by atoms with Crippen LogP contribution in [0.25, 0.3) is 0 Å². The molecular weight excluding hydrogens is 238 g/mol. The van der Waals surface area contributed by atoms with E-state index in [4.69, 9.17) is 8.92 Å². The standard InChI is InChI=1S/C12H27NO3S/c1-10(11(2,3)4)16-9-13(12(5,6)7)17(14)15-8/h10H,9H2,1-8H3. The number of hydrogen-bond acceptors (Lipinski definition) is 3. The Balaban J connectivity index is 4.54. The fraction of sp³-hybridized carbons (Fsp3) is 1.00. The number of hydrogen-bond donors (Lipinski definition) is 0. The second-order valence-electron chi connectivity index (χ2n) is 6.24. The van der Waals surface area contributed by atoms with Crippen molar-refractivity contribution < 1.29 is 13.1 Å². The summed E-state index contributed by atoms with van der Waals surface area (Å²) in [6.45, 7) is 14.6. The van der Waals surface area contributed by atoms with Crippen LogP contribution in [-0.4, -0.2) is 34.0 Å². The molecule has 0 aromatic carbocycles. The lowest BCUT2D eigenvalue weighted by molar-refractivity contribution is -0.0538. The lowest BCUT2D eigenvalue weighted by atomic mass is 9.90. The molecule has 0 heterocycles. The molecule has 0 fully saturated rings. The molecule has 0 spiro atoms. The Kier molecular flexibility index (Phi) is 6.28. The van der Waals surface area contributed by atoms with E-state index in [1.54, 1.807) is 4.31 Å². The quantitative estimate of drug-likeness (QED) is 0.717. The van der Waals surface area contributed by atoms with E-state index in [1.807, 2.05) is 27.7 Å². The number of ether oxygens (including phenoxy) is 1. The first-order chi connectivity index (χ1) is 7.50. The molecule has 0 rings (SSSR count). The first-order valence-electron chi connectivity index (χ1n) is 5.85. The van der Waals surface area contributed by atoms with Gasteiger partial charge in [0, 0.05) is 5.54 Å². The van der Waals surface area contributed by atoms with Gasteiger partial charge in [-0.15, -0.1) is 0 Å². The van der Waals surface area contributed by atoms with Crippen molar-refractivity contribution in [2.45, 2.75) is 60.1 Å². The van der Waals surface area contributed by atoms with E-state index < -0.39 is 11.3 Å². The summed E-state index contributed by atoms with van der Waals surface area (Å²) in [5, 5.41) is 0. The predicted molar refractivity (Wildman–Crippen MR) is 71.6 cm³/mol. The molecule has 0 aromatic heterocycles. The van der Waals surface area contributed by atoms with Gasteiger partial charge in [0.25, 0.3) is 0 Å². The van der Waals surface area contributed by atoms with Crippen LogP contribution in [0.2, 0.25) is 0 Å². The lowest BCUT2D eigenvalue weighted by Gasteiger charge is -2.35. The Hall–Kier alpha value is 0.0300. The zero-order valence-corrected chi connectivity index (χ0v) is 13.2. The van der Waals surface area contributed by atoms with Crippen LogP contribution in [0.3, 0.4) is 0 Å². The summed E-state index contributed by atoms with van der Waals surface area (Å²) in [5.74, 6) is 0. The van der Waals surface area contributed by atoms with Crippen LogP contribution in [0.1, 0.15) is 48.5 Å². The Bertz CT molecular complexity index is 255. The Labute approximate surface area is 108 Å². The summed E-state index contributed by atoms with van der Waals surface area (Å²) < 4.78 is 24.1. The average Bonchev–Trinajstić information content (AvgIpc) is 2.13. The van der Waals surface area contributed by atoms with Gasteiger partial charge in [-0.1, -0.05) is 20.8 Å². The molecule has 17 heavy (non-hydrogen) atoms. The van der Waals surface area contributed by atoms with Crippen molar-refractivity contribution in [2.24, 2.45) is 5.41 Å². The molecule has 0 saturated carbocycles. The van der Waals surface area contributed by atoms with E-state index in [0.717, 1.165) is 0 Å². The van der Waals surface area contributed by atoms with Crippen LogP contribution in [0.4, 0.5) is 0 Å². The molecule has 104 valence electrons. The van der Waals surface area contributed by atoms with Crippen LogP contribution < -0.4 is 0 Å². The number of nitrogens with zero attached hydrogens (tertiary/aromatic N) is 1. The van der Waals surface area contributed by atoms with E-state index in [2.05, 4.69) is 20.8 Å². The van der Waals surface area contributed by atoms with Gasteiger partial charge in [-0.2, -0.15) is 4.31 Å². The van der Waals surface area contributed by atoms with Crippen LogP contribution in [-0.2, 0) is 20.2 Å². The first kappa shape index (κ1) is 17.0. The van der Waals surface area contributed by atoms with Gasteiger partial charge < -0.3 is 4.74 Å². The highest BCUT2D eigenvalue weighted by Gasteiger charge is 2.29. The molecule has 2 atom stereocenters. The zero-order valence-electron chi connectivity index (χ0n) is 12.4. The predicted octanol–water partition coefficient (Wildman–Crippen LogP) is 2.72. The summed E-state index contributed by atoms with van der Waals surface area (Å²) in [4.78, 5) is 0. The van der Waals surface area contributed by atoms with Crippen LogP contribution in [0, 0.1) is 5.41 Å². The molecule has 0 N–H and O–H groups in total. The molecule has 0 aromatic rings. The largest absolute Gasteiger partial charge is 0.362 e. The molecule has 0 bridgehead atoms. The van der Waals surface area contributed by atoms with Crippen molar-refractivity contribution in [3.8, 4) is 0 Å². The van der Waals surface area contributed by atoms with E-state index in [0.29, 0.717) is 6.73 Å². The fourth-order valence-electron chi connectivity index (χ4n) is 0.980.